The molecule has 1 N–H and O–H groups in total. The van der Waals surface area contributed by atoms with E-state index in [1.165, 1.54) is 12.8 Å². The molecule has 0 unspecified atom stereocenters. The van der Waals surface area contributed by atoms with E-state index in [-0.39, 0.29) is 11.9 Å². The van der Waals surface area contributed by atoms with Crippen molar-refractivity contribution in [3.05, 3.63) is 29.8 Å². The van der Waals surface area contributed by atoms with Gasteiger partial charge in [0.15, 0.2) is 0 Å². The van der Waals surface area contributed by atoms with Crippen LogP contribution in [-0.2, 0) is 4.79 Å². The summed E-state index contributed by atoms with van der Waals surface area (Å²) in [6.45, 7) is 8.01. The monoisotopic (exact) mass is 330 g/mol. The molecule has 1 atom stereocenters. The SMILES string of the molecule is CCCOc1ccccc1[C@@H](C)N1CC2(CCNCC2)CCC1=O. The predicted octanol–water partition coefficient (Wildman–Crippen LogP) is 3.53. The van der Waals surface area contributed by atoms with Crippen molar-refractivity contribution in [1.29, 1.82) is 0 Å². The van der Waals surface area contributed by atoms with Gasteiger partial charge < -0.3 is 15.0 Å². The third-order valence-electron chi connectivity index (χ3n) is 5.66. The van der Waals surface area contributed by atoms with Crippen molar-refractivity contribution in [2.45, 2.75) is 52.0 Å². The smallest absolute Gasteiger partial charge is 0.223 e. The van der Waals surface area contributed by atoms with E-state index in [0.29, 0.717) is 18.4 Å². The number of hydrogen-bond donors (Lipinski definition) is 1. The second-order valence-electron chi connectivity index (χ2n) is 7.33. The number of nitrogens with zero attached hydrogens (tertiary/aromatic N) is 1. The van der Waals surface area contributed by atoms with Gasteiger partial charge in [-0.3, -0.25) is 4.79 Å². The van der Waals surface area contributed by atoms with Gasteiger partial charge >= 0.3 is 0 Å². The van der Waals surface area contributed by atoms with Crippen LogP contribution in [0.15, 0.2) is 24.3 Å². The van der Waals surface area contributed by atoms with Crippen molar-refractivity contribution in [1.82, 2.24) is 10.2 Å². The number of amides is 1. The molecule has 2 fully saturated rings. The molecule has 0 aromatic heterocycles. The second kappa shape index (κ2) is 7.56. The fourth-order valence-corrected chi connectivity index (χ4v) is 4.10. The maximum absolute atomic E-state index is 12.6. The first-order chi connectivity index (χ1) is 11.7. The molecular formula is C20H30N2O2. The Morgan fingerprint density at radius 1 is 1.25 bits per heavy atom. The van der Waals surface area contributed by atoms with Gasteiger partial charge in [0.1, 0.15) is 5.75 Å². The fourth-order valence-electron chi connectivity index (χ4n) is 4.10. The van der Waals surface area contributed by atoms with Crippen LogP contribution in [0.5, 0.6) is 5.75 Å². The van der Waals surface area contributed by atoms with Crippen LogP contribution in [0.25, 0.3) is 0 Å². The Hall–Kier alpha value is -1.55. The van der Waals surface area contributed by atoms with Crippen LogP contribution in [0.3, 0.4) is 0 Å². The zero-order chi connectivity index (χ0) is 17.0. The molecular weight excluding hydrogens is 300 g/mol. The lowest BCUT2D eigenvalue weighted by Crippen LogP contribution is -2.51. The summed E-state index contributed by atoms with van der Waals surface area (Å²) in [5.74, 6) is 1.21. The lowest BCUT2D eigenvalue weighted by Gasteiger charge is -2.47. The first-order valence-electron chi connectivity index (χ1n) is 9.37. The quantitative estimate of drug-likeness (QED) is 0.898. The third-order valence-corrected chi connectivity index (χ3v) is 5.66. The molecule has 4 nitrogen and oxygen atoms in total. The Morgan fingerprint density at radius 2 is 2.00 bits per heavy atom. The Kier molecular flexibility index (Phi) is 5.44. The summed E-state index contributed by atoms with van der Waals surface area (Å²) in [5.41, 5.74) is 1.44. The Morgan fingerprint density at radius 3 is 2.75 bits per heavy atom. The van der Waals surface area contributed by atoms with Crippen LogP contribution in [0.4, 0.5) is 0 Å². The number of carbonyl (C=O) groups excluding carboxylic acids is 1. The van der Waals surface area contributed by atoms with Crippen molar-refractivity contribution in [3.63, 3.8) is 0 Å². The molecule has 0 bridgehead atoms. The fraction of sp³-hybridized carbons (Fsp3) is 0.650. The van der Waals surface area contributed by atoms with Crippen LogP contribution in [0, 0.1) is 5.41 Å². The minimum atomic E-state index is 0.0672. The van der Waals surface area contributed by atoms with E-state index in [9.17, 15) is 4.79 Å². The van der Waals surface area contributed by atoms with Crippen LogP contribution in [0.2, 0.25) is 0 Å². The molecule has 1 amide bonds. The molecule has 2 heterocycles. The highest BCUT2D eigenvalue weighted by molar-refractivity contribution is 5.78. The number of para-hydroxylation sites is 1. The molecule has 1 aromatic rings. The summed E-state index contributed by atoms with van der Waals surface area (Å²) < 4.78 is 5.92. The first kappa shape index (κ1) is 17.3. The molecule has 2 saturated heterocycles. The zero-order valence-corrected chi connectivity index (χ0v) is 15.0. The van der Waals surface area contributed by atoms with E-state index < -0.39 is 0 Å². The van der Waals surface area contributed by atoms with Gasteiger partial charge in [-0.05, 0) is 57.2 Å². The van der Waals surface area contributed by atoms with Crippen LogP contribution >= 0.6 is 0 Å². The summed E-state index contributed by atoms with van der Waals surface area (Å²) in [6.07, 6.45) is 5.07. The average Bonchev–Trinajstić information content (AvgIpc) is 2.63. The van der Waals surface area contributed by atoms with Gasteiger partial charge in [-0.2, -0.15) is 0 Å². The molecule has 0 saturated carbocycles. The lowest BCUT2D eigenvalue weighted by atomic mass is 9.72. The minimum Gasteiger partial charge on any atom is -0.493 e. The molecule has 4 heteroatoms. The molecule has 1 spiro atoms. The van der Waals surface area contributed by atoms with Gasteiger partial charge in [-0.15, -0.1) is 0 Å². The number of carbonyl (C=O) groups is 1. The molecule has 0 radical (unpaired) electrons. The van der Waals surface area contributed by atoms with Crippen molar-refractivity contribution in [3.8, 4) is 5.75 Å². The van der Waals surface area contributed by atoms with Gasteiger partial charge in [-0.1, -0.05) is 25.1 Å². The van der Waals surface area contributed by atoms with E-state index in [1.54, 1.807) is 0 Å². The number of piperidine rings is 2. The Labute approximate surface area is 145 Å². The van der Waals surface area contributed by atoms with Crippen molar-refractivity contribution < 1.29 is 9.53 Å². The van der Waals surface area contributed by atoms with Gasteiger partial charge in [0.25, 0.3) is 0 Å². The molecule has 2 aliphatic heterocycles. The summed E-state index contributed by atoms with van der Waals surface area (Å²) in [4.78, 5) is 14.7. The molecule has 132 valence electrons. The van der Waals surface area contributed by atoms with Gasteiger partial charge in [0.2, 0.25) is 5.91 Å². The van der Waals surface area contributed by atoms with Crippen molar-refractivity contribution >= 4 is 5.91 Å². The number of benzene rings is 1. The van der Waals surface area contributed by atoms with E-state index in [0.717, 1.165) is 43.8 Å². The van der Waals surface area contributed by atoms with Gasteiger partial charge in [0, 0.05) is 18.5 Å². The molecule has 24 heavy (non-hydrogen) atoms. The van der Waals surface area contributed by atoms with Crippen LogP contribution in [0.1, 0.15) is 57.6 Å². The third kappa shape index (κ3) is 3.59. The predicted molar refractivity (Wildman–Crippen MR) is 96.1 cm³/mol. The lowest BCUT2D eigenvalue weighted by molar-refractivity contribution is -0.141. The largest absolute Gasteiger partial charge is 0.493 e. The normalized spacial score (nSPS) is 21.8. The van der Waals surface area contributed by atoms with Crippen molar-refractivity contribution in [2.24, 2.45) is 5.41 Å². The summed E-state index contributed by atoms with van der Waals surface area (Å²) in [5, 5.41) is 3.45. The first-order valence-corrected chi connectivity index (χ1v) is 9.37. The molecule has 0 aliphatic carbocycles. The molecule has 2 aliphatic rings. The standard InChI is InChI=1S/C20H30N2O2/c1-3-14-24-18-7-5-4-6-17(18)16(2)22-15-20(9-8-19(22)23)10-12-21-13-11-20/h4-7,16,21H,3,8-15H2,1-2H3/t16-/m1/s1. The van der Waals surface area contributed by atoms with Crippen molar-refractivity contribution in [2.75, 3.05) is 26.2 Å². The number of rotatable bonds is 5. The number of likely N-dealkylation sites (tertiary alicyclic amines) is 1. The van der Waals surface area contributed by atoms with E-state index in [4.69, 9.17) is 4.74 Å². The maximum Gasteiger partial charge on any atom is 0.223 e. The highest BCUT2D eigenvalue weighted by atomic mass is 16.5. The van der Waals surface area contributed by atoms with E-state index >= 15 is 0 Å². The topological polar surface area (TPSA) is 41.6 Å². The molecule has 1 aromatic carbocycles. The van der Waals surface area contributed by atoms with Crippen LogP contribution in [-0.4, -0.2) is 37.0 Å². The van der Waals surface area contributed by atoms with E-state index in [2.05, 4.69) is 30.1 Å². The maximum atomic E-state index is 12.6. The number of ether oxygens (including phenoxy) is 1. The summed E-state index contributed by atoms with van der Waals surface area (Å²) in [7, 11) is 0. The Balaban J connectivity index is 1.80. The highest BCUT2D eigenvalue weighted by Crippen LogP contribution is 2.42. The second-order valence-corrected chi connectivity index (χ2v) is 7.33. The average molecular weight is 330 g/mol. The number of hydrogen-bond acceptors (Lipinski definition) is 3. The van der Waals surface area contributed by atoms with Gasteiger partial charge in [-0.25, -0.2) is 0 Å². The summed E-state index contributed by atoms with van der Waals surface area (Å²) in [6, 6.07) is 8.24. The minimum absolute atomic E-state index is 0.0672. The molecule has 3 rings (SSSR count). The van der Waals surface area contributed by atoms with Crippen LogP contribution < -0.4 is 10.1 Å². The summed E-state index contributed by atoms with van der Waals surface area (Å²) >= 11 is 0. The van der Waals surface area contributed by atoms with Gasteiger partial charge in [0.05, 0.1) is 12.6 Å². The number of nitrogens with one attached hydrogen (secondary N) is 1. The zero-order valence-electron chi connectivity index (χ0n) is 15.0. The highest BCUT2D eigenvalue weighted by Gasteiger charge is 2.41. The van der Waals surface area contributed by atoms with E-state index in [1.807, 2.05) is 18.2 Å². The Bertz CT molecular complexity index is 567.